The molecule has 0 heterocycles. The average molecular weight is 336 g/mol. The molecule has 0 bridgehead atoms. The third-order valence-electron chi connectivity index (χ3n) is 5.01. The van der Waals surface area contributed by atoms with Crippen LogP contribution in [-0.4, -0.2) is 0 Å². The summed E-state index contributed by atoms with van der Waals surface area (Å²) in [6, 6.07) is 17.7. The van der Waals surface area contributed by atoms with Crippen molar-refractivity contribution >= 4 is 0 Å². The Morgan fingerprint density at radius 2 is 1.52 bits per heavy atom. The lowest BCUT2D eigenvalue weighted by molar-refractivity contribution is 0.462. The summed E-state index contributed by atoms with van der Waals surface area (Å²) in [5, 5.41) is 3.79. The smallest absolute Gasteiger partial charge is 0.0767 e. The summed E-state index contributed by atoms with van der Waals surface area (Å²) in [4.78, 5) is 0. The first-order valence-electron chi connectivity index (χ1n) is 9.64. The monoisotopic (exact) mass is 335 g/mol. The van der Waals surface area contributed by atoms with E-state index in [1.165, 1.54) is 53.6 Å². The number of nitrogens with one attached hydrogen (secondary N) is 1. The minimum Gasteiger partial charge on any atom is -0.378 e. The lowest BCUT2D eigenvalue weighted by Gasteiger charge is -2.28. The fourth-order valence-corrected chi connectivity index (χ4v) is 3.50. The summed E-state index contributed by atoms with van der Waals surface area (Å²) >= 11 is 0. The van der Waals surface area contributed by atoms with Gasteiger partial charge in [0.15, 0.2) is 0 Å². The van der Waals surface area contributed by atoms with E-state index in [1.54, 1.807) is 0 Å². The quantitative estimate of drug-likeness (QED) is 0.537. The molecular formula is C24H33N. The first kappa shape index (κ1) is 19.3. The average Bonchev–Trinajstić information content (AvgIpc) is 2.61. The van der Waals surface area contributed by atoms with E-state index >= 15 is 0 Å². The molecule has 25 heavy (non-hydrogen) atoms. The molecule has 1 nitrogen and oxygen atoms in total. The third kappa shape index (κ3) is 5.22. The highest BCUT2D eigenvalue weighted by Crippen LogP contribution is 2.29. The molecule has 1 heteroatoms. The number of rotatable bonds is 9. The van der Waals surface area contributed by atoms with Crippen LogP contribution in [0.15, 0.2) is 60.8 Å². The first-order chi connectivity index (χ1) is 12.1. The molecule has 0 spiro atoms. The number of hydrogen-bond acceptors (Lipinski definition) is 1. The Morgan fingerprint density at radius 1 is 0.920 bits per heavy atom. The van der Waals surface area contributed by atoms with Gasteiger partial charge in [0.1, 0.15) is 0 Å². The fraction of sp³-hybridized carbons (Fsp3) is 0.417. The van der Waals surface area contributed by atoms with Crippen LogP contribution in [0.3, 0.4) is 0 Å². The largest absolute Gasteiger partial charge is 0.378 e. The van der Waals surface area contributed by atoms with Gasteiger partial charge in [-0.3, -0.25) is 0 Å². The van der Waals surface area contributed by atoms with Gasteiger partial charge in [0.2, 0.25) is 0 Å². The zero-order chi connectivity index (χ0) is 18.2. The van der Waals surface area contributed by atoms with E-state index in [-0.39, 0.29) is 6.04 Å². The van der Waals surface area contributed by atoms with Crippen LogP contribution < -0.4 is 5.32 Å². The highest BCUT2D eigenvalue weighted by molar-refractivity contribution is 5.38. The second-order valence-corrected chi connectivity index (χ2v) is 7.14. The van der Waals surface area contributed by atoms with E-state index in [9.17, 15) is 0 Å². The van der Waals surface area contributed by atoms with E-state index in [2.05, 4.69) is 88.1 Å². The van der Waals surface area contributed by atoms with E-state index in [4.69, 9.17) is 0 Å². The van der Waals surface area contributed by atoms with E-state index in [0.29, 0.717) is 5.92 Å². The Balaban J connectivity index is 2.33. The van der Waals surface area contributed by atoms with Gasteiger partial charge >= 0.3 is 0 Å². The van der Waals surface area contributed by atoms with Gasteiger partial charge in [-0.1, -0.05) is 87.4 Å². The van der Waals surface area contributed by atoms with Crippen molar-refractivity contribution in [2.24, 2.45) is 5.92 Å². The molecule has 0 fully saturated rings. The molecule has 134 valence electrons. The van der Waals surface area contributed by atoms with Crippen LogP contribution in [-0.2, 0) is 0 Å². The normalized spacial score (nSPS) is 12.2. The van der Waals surface area contributed by atoms with Gasteiger partial charge in [-0.2, -0.15) is 0 Å². The molecule has 0 aliphatic carbocycles. The van der Waals surface area contributed by atoms with Crippen LogP contribution in [0.5, 0.6) is 0 Å². The van der Waals surface area contributed by atoms with Crippen LogP contribution in [0.2, 0.25) is 0 Å². The second-order valence-electron chi connectivity index (χ2n) is 7.14. The Morgan fingerprint density at radius 3 is 2.08 bits per heavy atom. The Labute approximate surface area is 154 Å². The number of benzene rings is 2. The highest BCUT2D eigenvalue weighted by atomic mass is 14.9. The molecule has 0 saturated carbocycles. The maximum atomic E-state index is 4.42. The van der Waals surface area contributed by atoms with E-state index in [1.807, 2.05) is 0 Å². The molecule has 1 N–H and O–H groups in total. The van der Waals surface area contributed by atoms with Crippen molar-refractivity contribution in [1.82, 2.24) is 5.32 Å². The van der Waals surface area contributed by atoms with Crippen molar-refractivity contribution in [3.05, 3.63) is 83.1 Å². The van der Waals surface area contributed by atoms with Gasteiger partial charge in [-0.05, 0) is 49.3 Å². The Hall–Kier alpha value is -2.02. The zero-order valence-corrected chi connectivity index (χ0v) is 16.3. The van der Waals surface area contributed by atoms with Gasteiger partial charge in [-0.15, -0.1) is 0 Å². The molecule has 0 saturated heterocycles. The predicted octanol–water partition coefficient (Wildman–Crippen LogP) is 6.71. The molecule has 0 radical (unpaired) electrons. The van der Waals surface area contributed by atoms with Crippen LogP contribution in [0, 0.1) is 19.8 Å². The summed E-state index contributed by atoms with van der Waals surface area (Å²) in [6.07, 6.45) is 4.80. The zero-order valence-electron chi connectivity index (χ0n) is 16.3. The van der Waals surface area contributed by atoms with Gasteiger partial charge in [0.25, 0.3) is 0 Å². The molecular weight excluding hydrogens is 302 g/mol. The summed E-state index contributed by atoms with van der Waals surface area (Å²) in [7, 11) is 0. The van der Waals surface area contributed by atoms with Crippen LogP contribution >= 0.6 is 0 Å². The maximum absolute atomic E-state index is 4.42. The van der Waals surface area contributed by atoms with Crippen LogP contribution in [0.1, 0.15) is 67.8 Å². The predicted molar refractivity (Wildman–Crippen MR) is 110 cm³/mol. The number of allylic oxidation sites excluding steroid dienone is 1. The molecule has 0 amide bonds. The minimum atomic E-state index is 0.158. The van der Waals surface area contributed by atoms with Crippen molar-refractivity contribution in [2.45, 2.75) is 59.4 Å². The standard InChI is InChI=1S/C24H33N/c1-6-10-21(11-7-2)20(5)25-24(22-16-14-18(3)15-17-22)23-13-9-8-12-19(23)4/h8-9,12-17,21,24-25H,5-7,10-11H2,1-4H3. The van der Waals surface area contributed by atoms with Gasteiger partial charge < -0.3 is 5.32 Å². The van der Waals surface area contributed by atoms with Crippen molar-refractivity contribution in [3.8, 4) is 0 Å². The van der Waals surface area contributed by atoms with Gasteiger partial charge in [-0.25, -0.2) is 0 Å². The fourth-order valence-electron chi connectivity index (χ4n) is 3.50. The third-order valence-corrected chi connectivity index (χ3v) is 5.01. The molecule has 0 aliphatic heterocycles. The second kappa shape index (κ2) is 9.46. The number of aryl methyl sites for hydroxylation is 2. The lowest BCUT2D eigenvalue weighted by atomic mass is 9.91. The minimum absolute atomic E-state index is 0.158. The van der Waals surface area contributed by atoms with E-state index in [0.717, 1.165) is 0 Å². The summed E-state index contributed by atoms with van der Waals surface area (Å²) in [6.45, 7) is 13.3. The topological polar surface area (TPSA) is 12.0 Å². The summed E-state index contributed by atoms with van der Waals surface area (Å²) in [5.41, 5.74) is 6.42. The number of hydrogen-bond donors (Lipinski definition) is 1. The SMILES string of the molecule is C=C(NC(c1ccc(C)cc1)c1ccccc1C)C(CCC)CCC. The van der Waals surface area contributed by atoms with Crippen LogP contribution in [0.4, 0.5) is 0 Å². The van der Waals surface area contributed by atoms with Crippen molar-refractivity contribution < 1.29 is 0 Å². The van der Waals surface area contributed by atoms with Crippen molar-refractivity contribution in [3.63, 3.8) is 0 Å². The lowest BCUT2D eigenvalue weighted by Crippen LogP contribution is -2.26. The van der Waals surface area contributed by atoms with Crippen molar-refractivity contribution in [2.75, 3.05) is 0 Å². The van der Waals surface area contributed by atoms with Crippen LogP contribution in [0.25, 0.3) is 0 Å². The molecule has 2 rings (SSSR count). The van der Waals surface area contributed by atoms with Gasteiger partial charge in [0, 0.05) is 5.70 Å². The van der Waals surface area contributed by atoms with Crippen molar-refractivity contribution in [1.29, 1.82) is 0 Å². The molecule has 2 aromatic rings. The molecule has 1 atom stereocenters. The molecule has 1 unspecified atom stereocenters. The molecule has 0 aromatic heterocycles. The molecule has 2 aromatic carbocycles. The Bertz CT molecular complexity index is 663. The summed E-state index contributed by atoms with van der Waals surface area (Å²) < 4.78 is 0. The highest BCUT2D eigenvalue weighted by Gasteiger charge is 2.19. The first-order valence-corrected chi connectivity index (χ1v) is 9.64. The maximum Gasteiger partial charge on any atom is 0.0767 e. The summed E-state index contributed by atoms with van der Waals surface area (Å²) in [5.74, 6) is 0.548. The van der Waals surface area contributed by atoms with E-state index < -0.39 is 0 Å². The molecule has 0 aliphatic rings. The Kier molecular flexibility index (Phi) is 7.31. The van der Waals surface area contributed by atoms with Gasteiger partial charge in [0.05, 0.1) is 6.04 Å².